The zero-order valence-electron chi connectivity index (χ0n) is 6.08. The standard InChI is InChI=1S/C7H8BrIO3/c8-3-4(10)7(11)5-1-2-6(9)12-5/h1-2,4,7,10-11H,3H2. The number of halogens is 2. The molecule has 3 nitrogen and oxygen atoms in total. The average Bonchev–Trinajstić information content (AvgIpc) is 2.49. The molecule has 0 aliphatic carbocycles. The van der Waals surface area contributed by atoms with Crippen LogP contribution in [0.5, 0.6) is 0 Å². The van der Waals surface area contributed by atoms with Crippen molar-refractivity contribution in [3.8, 4) is 0 Å². The van der Waals surface area contributed by atoms with Crippen LogP contribution in [0.25, 0.3) is 0 Å². The minimum Gasteiger partial charge on any atom is -0.453 e. The number of hydrogen-bond donors (Lipinski definition) is 2. The molecule has 0 amide bonds. The van der Waals surface area contributed by atoms with E-state index in [0.717, 1.165) is 0 Å². The number of furan rings is 1. The topological polar surface area (TPSA) is 53.6 Å². The third kappa shape index (κ3) is 2.45. The van der Waals surface area contributed by atoms with Crippen LogP contribution in [0.2, 0.25) is 0 Å². The fraction of sp³-hybridized carbons (Fsp3) is 0.429. The Morgan fingerprint density at radius 1 is 1.50 bits per heavy atom. The Balaban J connectivity index is 2.70. The maximum Gasteiger partial charge on any atom is 0.164 e. The maximum absolute atomic E-state index is 9.43. The van der Waals surface area contributed by atoms with E-state index in [0.29, 0.717) is 14.9 Å². The lowest BCUT2D eigenvalue weighted by molar-refractivity contribution is 0.0198. The van der Waals surface area contributed by atoms with Gasteiger partial charge in [0.25, 0.3) is 0 Å². The predicted molar refractivity (Wildman–Crippen MR) is 56.2 cm³/mol. The molecule has 1 aromatic rings. The van der Waals surface area contributed by atoms with Crippen LogP contribution in [-0.2, 0) is 0 Å². The molecule has 0 saturated heterocycles. The van der Waals surface area contributed by atoms with Crippen LogP contribution >= 0.6 is 38.5 Å². The highest BCUT2D eigenvalue weighted by Crippen LogP contribution is 2.21. The number of aliphatic hydroxyl groups is 2. The second-order valence-electron chi connectivity index (χ2n) is 2.31. The second-order valence-corrected chi connectivity index (χ2v) is 4.02. The third-order valence-electron chi connectivity index (χ3n) is 1.41. The fourth-order valence-corrected chi connectivity index (χ4v) is 1.55. The third-order valence-corrected chi connectivity index (χ3v) is 2.65. The molecule has 1 rings (SSSR count). The van der Waals surface area contributed by atoms with E-state index in [-0.39, 0.29) is 0 Å². The van der Waals surface area contributed by atoms with Crippen molar-refractivity contribution in [1.29, 1.82) is 0 Å². The van der Waals surface area contributed by atoms with E-state index in [1.807, 2.05) is 22.6 Å². The molecule has 0 spiro atoms. The zero-order valence-corrected chi connectivity index (χ0v) is 9.82. The number of hydrogen-bond acceptors (Lipinski definition) is 3. The van der Waals surface area contributed by atoms with E-state index < -0.39 is 12.2 Å². The summed E-state index contributed by atoms with van der Waals surface area (Å²) in [5, 5.41) is 19.0. The first-order valence-corrected chi connectivity index (χ1v) is 5.52. The number of aliphatic hydroxyl groups excluding tert-OH is 2. The van der Waals surface area contributed by atoms with E-state index in [1.165, 1.54) is 0 Å². The predicted octanol–water partition coefficient (Wildman–Crippen LogP) is 1.67. The molecule has 0 radical (unpaired) electrons. The summed E-state index contributed by atoms with van der Waals surface area (Å²) in [7, 11) is 0. The molecule has 0 aliphatic rings. The van der Waals surface area contributed by atoms with Gasteiger partial charge in [-0.3, -0.25) is 0 Å². The average molecular weight is 347 g/mol. The van der Waals surface area contributed by atoms with Crippen molar-refractivity contribution in [1.82, 2.24) is 0 Å². The summed E-state index contributed by atoms with van der Waals surface area (Å²) < 4.78 is 5.82. The van der Waals surface area contributed by atoms with E-state index in [2.05, 4.69) is 15.9 Å². The summed E-state index contributed by atoms with van der Waals surface area (Å²) in [5.74, 6) is 0.395. The lowest BCUT2D eigenvalue weighted by atomic mass is 10.2. The normalized spacial score (nSPS) is 16.0. The van der Waals surface area contributed by atoms with Gasteiger partial charge in [-0.2, -0.15) is 0 Å². The smallest absolute Gasteiger partial charge is 0.164 e. The number of alkyl halides is 1. The van der Waals surface area contributed by atoms with E-state index >= 15 is 0 Å². The van der Waals surface area contributed by atoms with Gasteiger partial charge < -0.3 is 14.6 Å². The summed E-state index contributed by atoms with van der Waals surface area (Å²) in [4.78, 5) is 0. The summed E-state index contributed by atoms with van der Waals surface area (Å²) in [6, 6.07) is 3.39. The van der Waals surface area contributed by atoms with Gasteiger partial charge in [-0.05, 0) is 34.7 Å². The van der Waals surface area contributed by atoms with Gasteiger partial charge in [-0.15, -0.1) is 0 Å². The highest BCUT2D eigenvalue weighted by molar-refractivity contribution is 14.1. The van der Waals surface area contributed by atoms with E-state index in [4.69, 9.17) is 4.42 Å². The van der Waals surface area contributed by atoms with Gasteiger partial charge in [0, 0.05) is 5.33 Å². The van der Waals surface area contributed by atoms with Gasteiger partial charge >= 0.3 is 0 Å². The molecule has 68 valence electrons. The molecule has 0 bridgehead atoms. The van der Waals surface area contributed by atoms with Crippen LogP contribution in [0, 0.1) is 3.77 Å². The Hall–Kier alpha value is 0.410. The Bertz CT molecular complexity index is 251. The van der Waals surface area contributed by atoms with Gasteiger partial charge in [0.2, 0.25) is 0 Å². The first-order valence-electron chi connectivity index (χ1n) is 3.32. The molecule has 0 saturated carbocycles. The fourth-order valence-electron chi connectivity index (χ4n) is 0.761. The van der Waals surface area contributed by atoms with Crippen LogP contribution in [0.4, 0.5) is 0 Å². The first kappa shape index (κ1) is 10.5. The van der Waals surface area contributed by atoms with E-state index in [1.54, 1.807) is 12.1 Å². The second kappa shape index (κ2) is 4.59. The van der Waals surface area contributed by atoms with Gasteiger partial charge in [0.15, 0.2) is 3.77 Å². The van der Waals surface area contributed by atoms with Crippen molar-refractivity contribution < 1.29 is 14.6 Å². The van der Waals surface area contributed by atoms with Crippen molar-refractivity contribution >= 4 is 38.5 Å². The Kier molecular flexibility index (Phi) is 4.01. The molecule has 0 fully saturated rings. The largest absolute Gasteiger partial charge is 0.453 e. The van der Waals surface area contributed by atoms with Crippen LogP contribution in [-0.4, -0.2) is 21.6 Å². The Morgan fingerprint density at radius 3 is 2.58 bits per heavy atom. The van der Waals surface area contributed by atoms with Gasteiger partial charge in [-0.25, -0.2) is 0 Å². The Morgan fingerprint density at radius 2 is 2.17 bits per heavy atom. The van der Waals surface area contributed by atoms with Crippen LogP contribution in [0.1, 0.15) is 11.9 Å². The molecule has 12 heavy (non-hydrogen) atoms. The highest BCUT2D eigenvalue weighted by atomic mass is 127. The van der Waals surface area contributed by atoms with Gasteiger partial charge in [0.1, 0.15) is 11.9 Å². The van der Waals surface area contributed by atoms with Crippen molar-refractivity contribution in [2.24, 2.45) is 0 Å². The summed E-state index contributed by atoms with van der Waals surface area (Å²) in [6.07, 6.45) is -1.78. The van der Waals surface area contributed by atoms with Crippen molar-refractivity contribution in [2.45, 2.75) is 12.2 Å². The molecular formula is C7H8BrIO3. The minimum absolute atomic E-state index is 0.325. The highest BCUT2D eigenvalue weighted by Gasteiger charge is 2.19. The van der Waals surface area contributed by atoms with E-state index in [9.17, 15) is 10.2 Å². The van der Waals surface area contributed by atoms with Crippen molar-refractivity contribution in [3.63, 3.8) is 0 Å². The molecule has 2 N–H and O–H groups in total. The lowest BCUT2D eigenvalue weighted by Gasteiger charge is -2.12. The molecule has 0 aliphatic heterocycles. The lowest BCUT2D eigenvalue weighted by Crippen LogP contribution is -2.18. The summed E-state index contributed by atoms with van der Waals surface area (Å²) in [6.45, 7) is 0. The zero-order chi connectivity index (χ0) is 9.14. The van der Waals surface area contributed by atoms with Crippen molar-refractivity contribution in [3.05, 3.63) is 21.7 Å². The molecule has 2 atom stereocenters. The van der Waals surface area contributed by atoms with Gasteiger partial charge in [-0.1, -0.05) is 15.9 Å². The monoisotopic (exact) mass is 346 g/mol. The first-order chi connectivity index (χ1) is 5.65. The van der Waals surface area contributed by atoms with Crippen LogP contribution < -0.4 is 0 Å². The summed E-state index contributed by atoms with van der Waals surface area (Å²) >= 11 is 5.06. The quantitative estimate of drug-likeness (QED) is 0.646. The number of rotatable bonds is 3. The molecule has 5 heteroatoms. The molecule has 1 heterocycles. The van der Waals surface area contributed by atoms with Gasteiger partial charge in [0.05, 0.1) is 6.10 Å². The minimum atomic E-state index is -0.951. The molecular weight excluding hydrogens is 339 g/mol. The van der Waals surface area contributed by atoms with Crippen LogP contribution in [0.3, 0.4) is 0 Å². The SMILES string of the molecule is OC(CBr)C(O)c1ccc(I)o1. The van der Waals surface area contributed by atoms with Crippen molar-refractivity contribution in [2.75, 3.05) is 5.33 Å². The molecule has 1 aromatic heterocycles. The Labute approximate surface area is 92.0 Å². The molecule has 0 aromatic carbocycles. The maximum atomic E-state index is 9.43. The van der Waals surface area contributed by atoms with Crippen LogP contribution in [0.15, 0.2) is 16.5 Å². The summed E-state index contributed by atoms with van der Waals surface area (Å²) in [5.41, 5.74) is 0. The molecule has 2 unspecified atom stereocenters.